The topological polar surface area (TPSA) is 71.6 Å². The van der Waals surface area contributed by atoms with E-state index in [1.165, 1.54) is 35.2 Å². The first-order valence-corrected chi connectivity index (χ1v) is 9.21. The predicted molar refractivity (Wildman–Crippen MR) is 94.5 cm³/mol. The van der Waals surface area contributed by atoms with Crippen molar-refractivity contribution in [1.82, 2.24) is 14.5 Å². The Morgan fingerprint density at radius 3 is 3.04 bits per heavy atom. The van der Waals surface area contributed by atoms with E-state index in [0.29, 0.717) is 15.9 Å². The molecule has 2 heterocycles. The molecule has 8 heteroatoms. The molecular formula is C17H13FN4OS2. The fraction of sp³-hybridized carbons (Fsp3) is 0.176. The number of rotatable bonds is 6. The molecule has 0 amide bonds. The van der Waals surface area contributed by atoms with E-state index in [1.807, 2.05) is 18.4 Å². The number of ketones is 1. The lowest BCUT2D eigenvalue weighted by Crippen LogP contribution is -2.13. The number of carbonyl (C=O) groups excluding carboxylic acids is 1. The lowest BCUT2D eigenvalue weighted by atomic mass is 10.1. The van der Waals surface area contributed by atoms with Crippen LogP contribution in [0.25, 0.3) is 5.69 Å². The molecule has 0 N–H and O–H groups in total. The minimum Gasteiger partial charge on any atom is -0.297 e. The standard InChI is InChI=1S/C17H13FN4OS2/c1-11-9-24-16(21-11)14(8-19)15(23)10-25-17-20-5-6-22(17)13-4-2-3-12(18)7-13/h2-7,9,14H,10H2,1H3/t14-/m0/s1. The van der Waals surface area contributed by atoms with Crippen molar-refractivity contribution in [3.63, 3.8) is 0 Å². The number of benzene rings is 1. The van der Waals surface area contributed by atoms with Crippen LogP contribution in [0.4, 0.5) is 4.39 Å². The Balaban J connectivity index is 1.73. The smallest absolute Gasteiger partial charge is 0.173 e. The van der Waals surface area contributed by atoms with Gasteiger partial charge in [-0.25, -0.2) is 14.4 Å². The van der Waals surface area contributed by atoms with Gasteiger partial charge in [0.2, 0.25) is 0 Å². The highest BCUT2D eigenvalue weighted by atomic mass is 32.2. The number of imidazole rings is 1. The molecule has 0 aliphatic rings. The van der Waals surface area contributed by atoms with Crippen LogP contribution in [0.5, 0.6) is 0 Å². The normalized spacial score (nSPS) is 11.9. The molecule has 126 valence electrons. The van der Waals surface area contributed by atoms with Gasteiger partial charge in [0.1, 0.15) is 10.8 Å². The van der Waals surface area contributed by atoms with Gasteiger partial charge in [0.25, 0.3) is 0 Å². The molecule has 3 rings (SSSR count). The van der Waals surface area contributed by atoms with Gasteiger partial charge in [-0.05, 0) is 25.1 Å². The molecule has 0 aliphatic carbocycles. The average Bonchev–Trinajstić information content (AvgIpc) is 3.23. The molecule has 5 nitrogen and oxygen atoms in total. The molecule has 0 aliphatic heterocycles. The molecule has 0 bridgehead atoms. The molecule has 3 aromatic rings. The zero-order chi connectivity index (χ0) is 17.8. The van der Waals surface area contributed by atoms with Gasteiger partial charge < -0.3 is 0 Å². The largest absolute Gasteiger partial charge is 0.297 e. The highest BCUT2D eigenvalue weighted by Gasteiger charge is 2.23. The first-order valence-electron chi connectivity index (χ1n) is 7.35. The van der Waals surface area contributed by atoms with Crippen molar-refractivity contribution in [3.8, 4) is 11.8 Å². The summed E-state index contributed by atoms with van der Waals surface area (Å²) in [7, 11) is 0. The Labute approximate surface area is 152 Å². The number of nitriles is 1. The van der Waals surface area contributed by atoms with E-state index in [4.69, 9.17) is 0 Å². The molecule has 0 spiro atoms. The van der Waals surface area contributed by atoms with Gasteiger partial charge >= 0.3 is 0 Å². The van der Waals surface area contributed by atoms with Crippen molar-refractivity contribution >= 4 is 28.9 Å². The van der Waals surface area contributed by atoms with Crippen LogP contribution in [-0.4, -0.2) is 26.1 Å². The van der Waals surface area contributed by atoms with Crippen molar-refractivity contribution in [3.05, 3.63) is 58.6 Å². The summed E-state index contributed by atoms with van der Waals surface area (Å²) in [5.74, 6) is -1.36. The Morgan fingerprint density at radius 1 is 1.52 bits per heavy atom. The molecule has 0 radical (unpaired) electrons. The summed E-state index contributed by atoms with van der Waals surface area (Å²) in [6, 6.07) is 8.15. The Bertz CT molecular complexity index is 944. The summed E-state index contributed by atoms with van der Waals surface area (Å²) in [4.78, 5) is 20.8. The van der Waals surface area contributed by atoms with Gasteiger partial charge in [-0.15, -0.1) is 11.3 Å². The van der Waals surface area contributed by atoms with Crippen LogP contribution in [0.15, 0.2) is 47.2 Å². The van der Waals surface area contributed by atoms with E-state index < -0.39 is 5.92 Å². The number of Topliss-reactive ketones (excluding diaryl/α,β-unsaturated/α-hetero) is 1. The summed E-state index contributed by atoms with van der Waals surface area (Å²) >= 11 is 2.52. The number of aryl methyl sites for hydroxylation is 1. The molecular weight excluding hydrogens is 359 g/mol. The summed E-state index contributed by atoms with van der Waals surface area (Å²) in [5.41, 5.74) is 1.42. The minimum absolute atomic E-state index is 0.0865. The molecule has 1 atom stereocenters. The maximum atomic E-state index is 13.4. The number of hydrogen-bond acceptors (Lipinski definition) is 6. The van der Waals surface area contributed by atoms with Crippen LogP contribution in [0.3, 0.4) is 0 Å². The van der Waals surface area contributed by atoms with E-state index >= 15 is 0 Å². The van der Waals surface area contributed by atoms with Gasteiger partial charge in [0.05, 0.1) is 17.5 Å². The number of nitrogens with zero attached hydrogens (tertiary/aromatic N) is 4. The maximum absolute atomic E-state index is 13.4. The quantitative estimate of drug-likeness (QED) is 0.616. The highest BCUT2D eigenvalue weighted by molar-refractivity contribution is 7.99. The molecule has 0 saturated heterocycles. The molecule has 0 saturated carbocycles. The van der Waals surface area contributed by atoms with Gasteiger partial charge in [-0.3, -0.25) is 9.36 Å². The molecule has 2 aromatic heterocycles. The number of hydrogen-bond donors (Lipinski definition) is 0. The summed E-state index contributed by atoms with van der Waals surface area (Å²) < 4.78 is 15.1. The van der Waals surface area contributed by atoms with Crippen LogP contribution in [0.1, 0.15) is 16.6 Å². The lowest BCUT2D eigenvalue weighted by molar-refractivity contribution is -0.116. The molecule has 25 heavy (non-hydrogen) atoms. The van der Waals surface area contributed by atoms with E-state index in [1.54, 1.807) is 29.1 Å². The molecule has 1 aromatic carbocycles. The summed E-state index contributed by atoms with van der Waals surface area (Å²) in [6.45, 7) is 1.82. The number of carbonyl (C=O) groups is 1. The van der Waals surface area contributed by atoms with Crippen LogP contribution in [0, 0.1) is 24.1 Å². The van der Waals surface area contributed by atoms with E-state index in [9.17, 15) is 14.4 Å². The van der Waals surface area contributed by atoms with Crippen molar-refractivity contribution < 1.29 is 9.18 Å². The molecule has 0 fully saturated rings. The van der Waals surface area contributed by atoms with Gasteiger partial charge in [0, 0.05) is 23.5 Å². The summed E-state index contributed by atoms with van der Waals surface area (Å²) in [6.07, 6.45) is 3.29. The minimum atomic E-state index is -0.871. The van der Waals surface area contributed by atoms with Crippen LogP contribution < -0.4 is 0 Å². The zero-order valence-corrected chi connectivity index (χ0v) is 14.9. The maximum Gasteiger partial charge on any atom is 0.173 e. The molecule has 0 unspecified atom stereocenters. The van der Waals surface area contributed by atoms with Crippen LogP contribution in [0.2, 0.25) is 0 Å². The Kier molecular flexibility index (Phi) is 5.26. The lowest BCUT2D eigenvalue weighted by Gasteiger charge is -2.08. The first kappa shape index (κ1) is 17.3. The SMILES string of the molecule is Cc1csc([C@@H](C#N)C(=O)CSc2nccn2-c2cccc(F)c2)n1. The zero-order valence-electron chi connectivity index (χ0n) is 13.2. The van der Waals surface area contributed by atoms with Gasteiger partial charge in [-0.1, -0.05) is 17.8 Å². The van der Waals surface area contributed by atoms with Gasteiger partial charge in [0.15, 0.2) is 16.9 Å². The summed E-state index contributed by atoms with van der Waals surface area (Å²) in [5, 5.41) is 12.2. The second-order valence-electron chi connectivity index (χ2n) is 5.20. The predicted octanol–water partition coefficient (Wildman–Crippen LogP) is 3.74. The third-order valence-corrected chi connectivity index (χ3v) is 5.39. The fourth-order valence-electron chi connectivity index (χ4n) is 2.21. The number of thioether (sulfide) groups is 1. The Morgan fingerprint density at radius 2 is 2.36 bits per heavy atom. The second-order valence-corrected chi connectivity index (χ2v) is 7.04. The van der Waals surface area contributed by atoms with Crippen molar-refractivity contribution in [2.75, 3.05) is 5.75 Å². The van der Waals surface area contributed by atoms with Crippen molar-refractivity contribution in [1.29, 1.82) is 5.26 Å². The Hall–Kier alpha value is -2.50. The van der Waals surface area contributed by atoms with E-state index in [-0.39, 0.29) is 17.4 Å². The van der Waals surface area contributed by atoms with E-state index in [0.717, 1.165) is 5.69 Å². The average molecular weight is 372 g/mol. The number of aromatic nitrogens is 3. The fourth-order valence-corrected chi connectivity index (χ4v) is 3.95. The number of thiazole rings is 1. The monoisotopic (exact) mass is 372 g/mol. The van der Waals surface area contributed by atoms with E-state index in [2.05, 4.69) is 9.97 Å². The first-order chi connectivity index (χ1) is 12.1. The van der Waals surface area contributed by atoms with Crippen molar-refractivity contribution in [2.45, 2.75) is 18.0 Å². The highest BCUT2D eigenvalue weighted by Crippen LogP contribution is 2.25. The van der Waals surface area contributed by atoms with Crippen molar-refractivity contribution in [2.24, 2.45) is 0 Å². The number of halogens is 1. The second kappa shape index (κ2) is 7.59. The van der Waals surface area contributed by atoms with Gasteiger partial charge in [-0.2, -0.15) is 5.26 Å². The third kappa shape index (κ3) is 3.95. The van der Waals surface area contributed by atoms with Crippen LogP contribution >= 0.6 is 23.1 Å². The van der Waals surface area contributed by atoms with Crippen LogP contribution in [-0.2, 0) is 4.79 Å². The third-order valence-electron chi connectivity index (χ3n) is 3.37.